The third kappa shape index (κ3) is 2.94. The van der Waals surface area contributed by atoms with E-state index in [1.807, 2.05) is 37.3 Å². The summed E-state index contributed by atoms with van der Waals surface area (Å²) in [5.74, 6) is -1.23. The van der Waals surface area contributed by atoms with Crippen molar-refractivity contribution in [2.45, 2.75) is 13.8 Å². The summed E-state index contributed by atoms with van der Waals surface area (Å²) >= 11 is 0. The Kier molecular flexibility index (Phi) is 4.20. The lowest BCUT2D eigenvalue weighted by Gasteiger charge is -2.15. The van der Waals surface area contributed by atoms with Crippen molar-refractivity contribution in [2.24, 2.45) is 0 Å². The molecular formula is C20H15F2N3. The molecule has 0 saturated heterocycles. The Morgan fingerprint density at radius 3 is 2.36 bits per heavy atom. The molecule has 5 heteroatoms. The molecule has 0 aliphatic carbocycles. The second kappa shape index (κ2) is 6.33. The van der Waals surface area contributed by atoms with E-state index in [-0.39, 0.29) is 22.5 Å². The smallest absolute Gasteiger partial charge is 0.142 e. The van der Waals surface area contributed by atoms with E-state index >= 15 is 0 Å². The maximum absolute atomic E-state index is 14.3. The molecule has 0 atom stereocenters. The minimum atomic E-state index is -0.624. The standard InChI is InChI=1S/C20H15F2N3/c1-11-3-5-13(6-4-11)19-12(2)18(16(10-23)20(24)25-19)15-9-14(21)7-8-17(15)22/h3-9H,1-2H3,(H2,24,25). The lowest BCUT2D eigenvalue weighted by atomic mass is 9.92. The highest BCUT2D eigenvalue weighted by atomic mass is 19.1. The van der Waals surface area contributed by atoms with Crippen LogP contribution in [0, 0.1) is 36.8 Å². The molecule has 25 heavy (non-hydrogen) atoms. The highest BCUT2D eigenvalue weighted by Gasteiger charge is 2.21. The van der Waals surface area contributed by atoms with Crippen LogP contribution in [0.1, 0.15) is 16.7 Å². The first-order chi connectivity index (χ1) is 11.9. The van der Waals surface area contributed by atoms with Crippen LogP contribution < -0.4 is 5.73 Å². The van der Waals surface area contributed by atoms with E-state index in [0.717, 1.165) is 29.3 Å². The number of pyridine rings is 1. The van der Waals surface area contributed by atoms with Crippen LogP contribution in [0.25, 0.3) is 22.4 Å². The van der Waals surface area contributed by atoms with Crippen LogP contribution in [0.2, 0.25) is 0 Å². The Morgan fingerprint density at radius 2 is 1.72 bits per heavy atom. The number of nitriles is 1. The monoisotopic (exact) mass is 335 g/mol. The van der Waals surface area contributed by atoms with Crippen LogP contribution in [0.5, 0.6) is 0 Å². The van der Waals surface area contributed by atoms with E-state index < -0.39 is 11.6 Å². The molecule has 0 spiro atoms. The SMILES string of the molecule is Cc1ccc(-c2nc(N)c(C#N)c(-c3cc(F)ccc3F)c2C)cc1. The molecule has 0 unspecified atom stereocenters. The fourth-order valence-electron chi connectivity index (χ4n) is 2.83. The molecular weight excluding hydrogens is 320 g/mol. The third-order valence-electron chi connectivity index (χ3n) is 4.10. The number of anilines is 1. The summed E-state index contributed by atoms with van der Waals surface area (Å²) in [5, 5.41) is 9.46. The number of nitrogen functional groups attached to an aromatic ring is 1. The topological polar surface area (TPSA) is 62.7 Å². The van der Waals surface area contributed by atoms with Gasteiger partial charge in [0.2, 0.25) is 0 Å². The Balaban J connectivity index is 2.36. The zero-order chi connectivity index (χ0) is 18.1. The highest BCUT2D eigenvalue weighted by molar-refractivity contribution is 5.84. The molecule has 3 aromatic rings. The van der Waals surface area contributed by atoms with Gasteiger partial charge in [-0.15, -0.1) is 0 Å². The van der Waals surface area contributed by atoms with Crippen LogP contribution in [-0.4, -0.2) is 4.98 Å². The van der Waals surface area contributed by atoms with E-state index in [2.05, 4.69) is 4.98 Å². The summed E-state index contributed by atoms with van der Waals surface area (Å²) in [6.07, 6.45) is 0. The Labute approximate surface area is 144 Å². The quantitative estimate of drug-likeness (QED) is 0.734. The van der Waals surface area contributed by atoms with Gasteiger partial charge in [0.05, 0.1) is 5.69 Å². The molecule has 124 valence electrons. The van der Waals surface area contributed by atoms with Crippen LogP contribution in [0.3, 0.4) is 0 Å². The number of nitrogens with two attached hydrogens (primary N) is 1. The third-order valence-corrected chi connectivity index (χ3v) is 4.10. The van der Waals surface area contributed by atoms with E-state index in [9.17, 15) is 14.0 Å². The average Bonchev–Trinajstić information content (AvgIpc) is 2.59. The fraction of sp³-hybridized carbons (Fsp3) is 0.100. The summed E-state index contributed by atoms with van der Waals surface area (Å²) in [6.45, 7) is 3.69. The summed E-state index contributed by atoms with van der Waals surface area (Å²) in [6, 6.07) is 12.7. The van der Waals surface area contributed by atoms with Crippen LogP contribution in [0.15, 0.2) is 42.5 Å². The van der Waals surface area contributed by atoms with E-state index in [0.29, 0.717) is 11.3 Å². The van der Waals surface area contributed by atoms with Gasteiger partial charge in [0, 0.05) is 16.7 Å². The molecule has 3 rings (SSSR count). The molecule has 0 aliphatic heterocycles. The van der Waals surface area contributed by atoms with Crippen LogP contribution >= 0.6 is 0 Å². The minimum Gasteiger partial charge on any atom is -0.383 e. The molecule has 3 nitrogen and oxygen atoms in total. The van der Waals surface area contributed by atoms with Crippen molar-refractivity contribution < 1.29 is 8.78 Å². The molecule has 2 N–H and O–H groups in total. The molecule has 0 saturated carbocycles. The molecule has 2 aromatic carbocycles. The first kappa shape index (κ1) is 16.6. The number of hydrogen-bond acceptors (Lipinski definition) is 3. The van der Waals surface area contributed by atoms with Gasteiger partial charge in [0.15, 0.2) is 0 Å². The van der Waals surface area contributed by atoms with Gasteiger partial charge in [0.1, 0.15) is 29.1 Å². The van der Waals surface area contributed by atoms with Gasteiger partial charge in [0.25, 0.3) is 0 Å². The molecule has 1 heterocycles. The second-order valence-electron chi connectivity index (χ2n) is 5.82. The van der Waals surface area contributed by atoms with Crippen LogP contribution in [0.4, 0.5) is 14.6 Å². The summed E-state index contributed by atoms with van der Waals surface area (Å²) < 4.78 is 28.0. The van der Waals surface area contributed by atoms with Gasteiger partial charge in [-0.25, -0.2) is 13.8 Å². The largest absolute Gasteiger partial charge is 0.383 e. The number of benzene rings is 2. The van der Waals surface area contributed by atoms with E-state index in [1.54, 1.807) is 6.92 Å². The second-order valence-corrected chi connectivity index (χ2v) is 5.82. The fourth-order valence-corrected chi connectivity index (χ4v) is 2.83. The van der Waals surface area contributed by atoms with E-state index in [1.165, 1.54) is 0 Å². The highest BCUT2D eigenvalue weighted by Crippen LogP contribution is 2.37. The van der Waals surface area contributed by atoms with Crippen molar-refractivity contribution in [2.75, 3.05) is 5.73 Å². The van der Waals surface area contributed by atoms with Gasteiger partial charge in [-0.3, -0.25) is 0 Å². The molecule has 0 aliphatic rings. The Bertz CT molecular complexity index is 1000. The molecule has 0 amide bonds. The first-order valence-electron chi connectivity index (χ1n) is 7.65. The molecule has 0 bridgehead atoms. The average molecular weight is 335 g/mol. The molecule has 0 fully saturated rings. The van der Waals surface area contributed by atoms with Crippen molar-refractivity contribution in [3.8, 4) is 28.5 Å². The number of aryl methyl sites for hydroxylation is 1. The van der Waals surface area contributed by atoms with Crippen molar-refractivity contribution in [3.05, 3.63) is 70.8 Å². The van der Waals surface area contributed by atoms with Gasteiger partial charge < -0.3 is 5.73 Å². The Morgan fingerprint density at radius 1 is 1.04 bits per heavy atom. The zero-order valence-corrected chi connectivity index (χ0v) is 13.8. The predicted molar refractivity (Wildman–Crippen MR) is 93.6 cm³/mol. The number of aromatic nitrogens is 1. The van der Waals surface area contributed by atoms with Gasteiger partial charge in [-0.2, -0.15) is 5.26 Å². The lowest BCUT2D eigenvalue weighted by Crippen LogP contribution is -2.04. The molecule has 1 aromatic heterocycles. The lowest BCUT2D eigenvalue weighted by molar-refractivity contribution is 0.603. The maximum Gasteiger partial charge on any atom is 0.142 e. The summed E-state index contributed by atoms with van der Waals surface area (Å²) in [7, 11) is 0. The first-order valence-corrected chi connectivity index (χ1v) is 7.65. The molecule has 0 radical (unpaired) electrons. The van der Waals surface area contributed by atoms with Crippen molar-refractivity contribution in [3.63, 3.8) is 0 Å². The summed E-state index contributed by atoms with van der Waals surface area (Å²) in [4.78, 5) is 4.32. The van der Waals surface area contributed by atoms with E-state index in [4.69, 9.17) is 5.73 Å². The maximum atomic E-state index is 14.3. The van der Waals surface area contributed by atoms with Gasteiger partial charge >= 0.3 is 0 Å². The van der Waals surface area contributed by atoms with Crippen molar-refractivity contribution >= 4 is 5.82 Å². The summed E-state index contributed by atoms with van der Waals surface area (Å²) in [5.41, 5.74) is 9.23. The van der Waals surface area contributed by atoms with Gasteiger partial charge in [-0.1, -0.05) is 29.8 Å². The van der Waals surface area contributed by atoms with Crippen molar-refractivity contribution in [1.82, 2.24) is 4.98 Å². The Hall–Kier alpha value is -3.26. The minimum absolute atomic E-state index is 0.00323. The zero-order valence-electron chi connectivity index (χ0n) is 13.8. The number of nitrogens with zero attached hydrogens (tertiary/aromatic N) is 2. The predicted octanol–water partition coefficient (Wildman–Crippen LogP) is 4.76. The van der Waals surface area contributed by atoms with Gasteiger partial charge in [-0.05, 0) is 37.6 Å². The number of hydrogen-bond donors (Lipinski definition) is 1. The van der Waals surface area contributed by atoms with Crippen LogP contribution in [-0.2, 0) is 0 Å². The van der Waals surface area contributed by atoms with Crippen molar-refractivity contribution in [1.29, 1.82) is 5.26 Å². The number of halogens is 2. The number of rotatable bonds is 2. The normalized spacial score (nSPS) is 10.5.